The molecule has 1 aliphatic rings. The summed E-state index contributed by atoms with van der Waals surface area (Å²) in [4.78, 5) is 0. The summed E-state index contributed by atoms with van der Waals surface area (Å²) >= 11 is 0. The summed E-state index contributed by atoms with van der Waals surface area (Å²) in [7, 11) is 0. The molecule has 0 fully saturated rings. The lowest BCUT2D eigenvalue weighted by Crippen LogP contribution is -2.15. The molecule has 0 saturated heterocycles. The minimum Gasteiger partial charge on any atom is -0.397 e. The normalized spacial score (nSPS) is 15.3. The SMILES string of the molecule is C=C1Nc2ccccc2C(C)=C1N. The predicted octanol–water partition coefficient (Wildman–Crippen LogP) is 2.32. The van der Waals surface area contributed by atoms with Crippen molar-refractivity contribution in [3.8, 4) is 0 Å². The van der Waals surface area contributed by atoms with E-state index in [0.29, 0.717) is 0 Å². The Bertz CT molecular complexity index is 402. The van der Waals surface area contributed by atoms with Gasteiger partial charge < -0.3 is 11.1 Å². The van der Waals surface area contributed by atoms with Crippen LogP contribution in [0.3, 0.4) is 0 Å². The molecular formula is C11H12N2. The van der Waals surface area contributed by atoms with Crippen LogP contribution in [-0.4, -0.2) is 0 Å². The summed E-state index contributed by atoms with van der Waals surface area (Å²) in [5.74, 6) is 0. The van der Waals surface area contributed by atoms with Crippen molar-refractivity contribution in [2.45, 2.75) is 6.92 Å². The quantitative estimate of drug-likeness (QED) is 0.630. The third-order valence-electron chi connectivity index (χ3n) is 2.35. The third kappa shape index (κ3) is 1.11. The van der Waals surface area contributed by atoms with E-state index in [-0.39, 0.29) is 0 Å². The van der Waals surface area contributed by atoms with E-state index in [9.17, 15) is 0 Å². The molecule has 0 radical (unpaired) electrons. The Morgan fingerprint density at radius 1 is 1.31 bits per heavy atom. The molecule has 66 valence electrons. The minimum atomic E-state index is 0.749. The predicted molar refractivity (Wildman–Crippen MR) is 56.0 cm³/mol. The van der Waals surface area contributed by atoms with Gasteiger partial charge >= 0.3 is 0 Å². The van der Waals surface area contributed by atoms with Gasteiger partial charge in [0.25, 0.3) is 0 Å². The van der Waals surface area contributed by atoms with Gasteiger partial charge in [0.2, 0.25) is 0 Å². The number of benzene rings is 1. The van der Waals surface area contributed by atoms with Gasteiger partial charge in [0, 0.05) is 11.3 Å². The Kier molecular flexibility index (Phi) is 1.62. The minimum absolute atomic E-state index is 0.749. The number of fused-ring (bicyclic) bond motifs is 1. The number of nitrogens with one attached hydrogen (secondary N) is 1. The van der Waals surface area contributed by atoms with Crippen molar-refractivity contribution in [2.24, 2.45) is 5.73 Å². The van der Waals surface area contributed by atoms with Crippen LogP contribution in [0.4, 0.5) is 5.69 Å². The fourth-order valence-corrected chi connectivity index (χ4v) is 1.52. The highest BCUT2D eigenvalue weighted by Gasteiger charge is 2.14. The van der Waals surface area contributed by atoms with Crippen molar-refractivity contribution >= 4 is 11.3 Å². The number of hydrogen-bond acceptors (Lipinski definition) is 2. The van der Waals surface area contributed by atoms with Crippen LogP contribution in [0, 0.1) is 0 Å². The van der Waals surface area contributed by atoms with E-state index in [1.54, 1.807) is 0 Å². The first kappa shape index (κ1) is 7.92. The molecule has 0 amide bonds. The van der Waals surface area contributed by atoms with Crippen LogP contribution in [0.5, 0.6) is 0 Å². The molecular weight excluding hydrogens is 160 g/mol. The molecule has 0 atom stereocenters. The number of allylic oxidation sites excluding steroid dienone is 1. The summed E-state index contributed by atoms with van der Waals surface area (Å²) in [5, 5.41) is 3.16. The van der Waals surface area contributed by atoms with Crippen LogP contribution in [0.15, 0.2) is 42.2 Å². The second-order valence-corrected chi connectivity index (χ2v) is 3.19. The maximum atomic E-state index is 5.85. The van der Waals surface area contributed by atoms with Gasteiger partial charge in [-0.3, -0.25) is 0 Å². The van der Waals surface area contributed by atoms with Gasteiger partial charge in [-0.1, -0.05) is 24.8 Å². The van der Waals surface area contributed by atoms with Crippen molar-refractivity contribution < 1.29 is 0 Å². The van der Waals surface area contributed by atoms with Crippen LogP contribution in [-0.2, 0) is 0 Å². The van der Waals surface area contributed by atoms with E-state index in [2.05, 4.69) is 18.0 Å². The Labute approximate surface area is 77.8 Å². The summed E-state index contributed by atoms with van der Waals surface area (Å²) in [5.41, 5.74) is 10.7. The number of nitrogens with two attached hydrogens (primary N) is 1. The molecule has 1 aliphatic heterocycles. The van der Waals surface area contributed by atoms with Gasteiger partial charge in [0.1, 0.15) is 0 Å². The Morgan fingerprint density at radius 3 is 2.77 bits per heavy atom. The van der Waals surface area contributed by atoms with Crippen molar-refractivity contribution in [3.05, 3.63) is 47.8 Å². The fourth-order valence-electron chi connectivity index (χ4n) is 1.52. The smallest absolute Gasteiger partial charge is 0.0583 e. The molecule has 3 N–H and O–H groups in total. The molecule has 2 nitrogen and oxygen atoms in total. The zero-order valence-corrected chi connectivity index (χ0v) is 7.59. The summed E-state index contributed by atoms with van der Waals surface area (Å²) in [6.45, 7) is 5.86. The first-order valence-electron chi connectivity index (χ1n) is 4.22. The Morgan fingerprint density at radius 2 is 2.00 bits per heavy atom. The van der Waals surface area contributed by atoms with E-state index in [0.717, 1.165) is 28.2 Å². The van der Waals surface area contributed by atoms with Crippen LogP contribution >= 0.6 is 0 Å². The lowest BCUT2D eigenvalue weighted by molar-refractivity contribution is 1.25. The van der Waals surface area contributed by atoms with Crippen molar-refractivity contribution in [1.82, 2.24) is 0 Å². The summed E-state index contributed by atoms with van der Waals surface area (Å²) in [6, 6.07) is 8.08. The van der Waals surface area contributed by atoms with Crippen LogP contribution in [0.2, 0.25) is 0 Å². The maximum Gasteiger partial charge on any atom is 0.0583 e. The molecule has 1 heterocycles. The molecule has 0 bridgehead atoms. The molecule has 0 aliphatic carbocycles. The lowest BCUT2D eigenvalue weighted by atomic mass is 9.99. The van der Waals surface area contributed by atoms with Crippen LogP contribution in [0.1, 0.15) is 12.5 Å². The van der Waals surface area contributed by atoms with Crippen LogP contribution < -0.4 is 11.1 Å². The number of anilines is 1. The van der Waals surface area contributed by atoms with Gasteiger partial charge in [-0.25, -0.2) is 0 Å². The van der Waals surface area contributed by atoms with Gasteiger partial charge in [0.05, 0.1) is 11.4 Å². The number of hydrogen-bond donors (Lipinski definition) is 2. The van der Waals surface area contributed by atoms with Crippen LogP contribution in [0.25, 0.3) is 5.57 Å². The van der Waals surface area contributed by atoms with Gasteiger partial charge in [-0.05, 0) is 18.6 Å². The first-order chi connectivity index (χ1) is 6.20. The average Bonchev–Trinajstić information content (AvgIpc) is 2.15. The number of para-hydroxylation sites is 1. The largest absolute Gasteiger partial charge is 0.397 e. The lowest BCUT2D eigenvalue weighted by Gasteiger charge is -2.22. The zero-order chi connectivity index (χ0) is 9.42. The van der Waals surface area contributed by atoms with E-state index < -0.39 is 0 Å². The third-order valence-corrected chi connectivity index (χ3v) is 2.35. The fraction of sp³-hybridized carbons (Fsp3) is 0.0909. The van der Waals surface area contributed by atoms with E-state index >= 15 is 0 Å². The van der Waals surface area contributed by atoms with Gasteiger partial charge in [-0.15, -0.1) is 0 Å². The molecule has 0 spiro atoms. The highest BCUT2D eigenvalue weighted by Crippen LogP contribution is 2.31. The summed E-state index contributed by atoms with van der Waals surface area (Å²) in [6.07, 6.45) is 0. The molecule has 1 aromatic carbocycles. The second-order valence-electron chi connectivity index (χ2n) is 3.19. The molecule has 13 heavy (non-hydrogen) atoms. The maximum absolute atomic E-state index is 5.85. The van der Waals surface area contributed by atoms with E-state index in [1.165, 1.54) is 0 Å². The molecule has 1 aromatic rings. The highest BCUT2D eigenvalue weighted by atomic mass is 14.9. The molecule has 0 aromatic heterocycles. The van der Waals surface area contributed by atoms with Gasteiger partial charge in [0.15, 0.2) is 0 Å². The van der Waals surface area contributed by atoms with Crippen molar-refractivity contribution in [3.63, 3.8) is 0 Å². The Balaban J connectivity index is 2.66. The van der Waals surface area contributed by atoms with E-state index in [4.69, 9.17) is 5.73 Å². The highest BCUT2D eigenvalue weighted by molar-refractivity contribution is 5.84. The van der Waals surface area contributed by atoms with E-state index in [1.807, 2.05) is 25.1 Å². The second kappa shape index (κ2) is 2.66. The van der Waals surface area contributed by atoms with Crippen molar-refractivity contribution in [1.29, 1.82) is 0 Å². The molecule has 0 saturated carbocycles. The molecule has 2 heteroatoms. The summed E-state index contributed by atoms with van der Waals surface area (Å²) < 4.78 is 0. The zero-order valence-electron chi connectivity index (χ0n) is 7.59. The average molecular weight is 172 g/mol. The monoisotopic (exact) mass is 172 g/mol. The Hall–Kier alpha value is -1.70. The van der Waals surface area contributed by atoms with Crippen molar-refractivity contribution in [2.75, 3.05) is 5.32 Å². The first-order valence-corrected chi connectivity index (χ1v) is 4.22. The van der Waals surface area contributed by atoms with Gasteiger partial charge in [-0.2, -0.15) is 0 Å². The standard InChI is InChI=1S/C11H12N2/c1-7-9-5-3-4-6-10(9)13-8(2)11(7)12/h3-6,13H,2,12H2,1H3. The number of rotatable bonds is 0. The topological polar surface area (TPSA) is 38.0 Å². The molecule has 2 rings (SSSR count). The molecule has 0 unspecified atom stereocenters.